The molecule has 0 aromatic heterocycles. The van der Waals surface area contributed by atoms with Crippen molar-refractivity contribution < 1.29 is 14.3 Å². The first kappa shape index (κ1) is 18.7. The van der Waals surface area contributed by atoms with Crippen molar-refractivity contribution in [1.29, 1.82) is 0 Å². The Morgan fingerprint density at radius 3 is 2.42 bits per heavy atom. The summed E-state index contributed by atoms with van der Waals surface area (Å²) in [5.74, 6) is -0.138. The second kappa shape index (κ2) is 7.51. The van der Waals surface area contributed by atoms with Crippen molar-refractivity contribution in [2.75, 3.05) is 6.61 Å². The second-order valence-corrected chi connectivity index (χ2v) is 13.0. The smallest absolute Gasteiger partial charge is 0.329 e. The van der Waals surface area contributed by atoms with Crippen LogP contribution in [0.2, 0.25) is 25.2 Å². The predicted octanol–water partition coefficient (Wildman–Crippen LogP) is 4.01. The minimum Gasteiger partial charge on any atom is -0.464 e. The van der Waals surface area contributed by atoms with Gasteiger partial charge in [-0.25, -0.2) is 4.79 Å². The molecular weight excluding hydrogens is 318 g/mol. The van der Waals surface area contributed by atoms with Crippen molar-refractivity contribution in [3.8, 4) is 0 Å². The molecule has 0 N–H and O–H groups in total. The number of nitrogens with zero attached hydrogens (tertiary/aromatic N) is 1. The third-order valence-electron chi connectivity index (χ3n) is 4.75. The largest absolute Gasteiger partial charge is 0.464 e. The van der Waals surface area contributed by atoms with Crippen LogP contribution in [0, 0.1) is 0 Å². The molecule has 1 unspecified atom stereocenters. The van der Waals surface area contributed by atoms with E-state index in [1.807, 2.05) is 37.3 Å². The van der Waals surface area contributed by atoms with Crippen LogP contribution in [0.25, 0.3) is 0 Å². The lowest BCUT2D eigenvalue weighted by Crippen LogP contribution is -2.67. The van der Waals surface area contributed by atoms with E-state index in [0.717, 1.165) is 18.4 Å². The number of ether oxygens (including phenoxy) is 1. The number of amides is 1. The average Bonchev–Trinajstić information content (AvgIpc) is 2.52. The fourth-order valence-corrected chi connectivity index (χ4v) is 5.47. The van der Waals surface area contributed by atoms with Gasteiger partial charge < -0.3 is 9.64 Å². The molecule has 3 atom stereocenters. The first-order valence-corrected chi connectivity index (χ1v) is 12.4. The summed E-state index contributed by atoms with van der Waals surface area (Å²) in [7, 11) is -1.79. The Hall–Kier alpha value is -1.62. The van der Waals surface area contributed by atoms with Gasteiger partial charge in [-0.2, -0.15) is 0 Å². The average molecular weight is 348 g/mol. The van der Waals surface area contributed by atoms with Crippen LogP contribution in [0.15, 0.2) is 30.3 Å². The van der Waals surface area contributed by atoms with E-state index in [-0.39, 0.29) is 23.5 Å². The molecule has 1 aliphatic heterocycles. The molecule has 0 radical (unpaired) electrons. The number of carbonyl (C=O) groups is 2. The van der Waals surface area contributed by atoms with Crippen molar-refractivity contribution in [2.24, 2.45) is 0 Å². The monoisotopic (exact) mass is 347 g/mol. The molecule has 132 valence electrons. The van der Waals surface area contributed by atoms with Gasteiger partial charge in [0, 0.05) is 0 Å². The van der Waals surface area contributed by atoms with Crippen LogP contribution >= 0.6 is 0 Å². The fourth-order valence-electron chi connectivity index (χ4n) is 3.33. The molecule has 24 heavy (non-hydrogen) atoms. The lowest BCUT2D eigenvalue weighted by molar-refractivity contribution is -0.169. The van der Waals surface area contributed by atoms with Crippen LogP contribution in [-0.2, 0) is 14.3 Å². The van der Waals surface area contributed by atoms with E-state index in [2.05, 4.69) is 26.6 Å². The van der Waals surface area contributed by atoms with Gasteiger partial charge in [-0.15, -0.1) is 0 Å². The van der Waals surface area contributed by atoms with E-state index < -0.39 is 14.1 Å². The molecule has 0 spiro atoms. The summed E-state index contributed by atoms with van der Waals surface area (Å²) in [6, 6.07) is 9.32. The van der Waals surface area contributed by atoms with E-state index in [0.29, 0.717) is 6.61 Å². The van der Waals surface area contributed by atoms with Gasteiger partial charge in [0.1, 0.15) is 6.04 Å². The van der Waals surface area contributed by atoms with E-state index in [1.54, 1.807) is 4.90 Å². The van der Waals surface area contributed by atoms with Crippen LogP contribution in [0.5, 0.6) is 0 Å². The van der Waals surface area contributed by atoms with E-state index in [9.17, 15) is 9.59 Å². The quantitative estimate of drug-likeness (QED) is 0.324. The molecule has 1 fully saturated rings. The molecule has 0 aliphatic carbocycles. The Morgan fingerprint density at radius 1 is 1.25 bits per heavy atom. The number of unbranched alkanes of at least 4 members (excludes halogenated alkanes) is 1. The van der Waals surface area contributed by atoms with Crippen LogP contribution in [0.3, 0.4) is 0 Å². The zero-order chi connectivity index (χ0) is 17.9. The lowest BCUT2D eigenvalue weighted by Gasteiger charge is -2.52. The van der Waals surface area contributed by atoms with Gasteiger partial charge in [0.2, 0.25) is 5.91 Å². The summed E-state index contributed by atoms with van der Waals surface area (Å²) in [6.07, 6.45) is 1.84. The number of hydrogen-bond donors (Lipinski definition) is 0. The first-order valence-electron chi connectivity index (χ1n) is 8.82. The minimum atomic E-state index is -1.79. The summed E-state index contributed by atoms with van der Waals surface area (Å²) in [6.45, 7) is 10.9. The topological polar surface area (TPSA) is 46.6 Å². The molecule has 1 heterocycles. The van der Waals surface area contributed by atoms with Crippen molar-refractivity contribution in [3.63, 3.8) is 0 Å². The zero-order valence-corrected chi connectivity index (χ0v) is 16.4. The van der Waals surface area contributed by atoms with Gasteiger partial charge >= 0.3 is 5.97 Å². The number of carbonyl (C=O) groups excluding carboxylic acids is 2. The molecule has 2 rings (SSSR count). The number of likely N-dealkylation sites (tertiary alicyclic amines) is 1. The molecule has 1 saturated heterocycles. The summed E-state index contributed by atoms with van der Waals surface area (Å²) in [5, 5.41) is 0. The highest BCUT2D eigenvalue weighted by molar-refractivity contribution is 6.81. The molecule has 1 aromatic rings. The van der Waals surface area contributed by atoms with Gasteiger partial charge in [0.05, 0.1) is 26.3 Å². The lowest BCUT2D eigenvalue weighted by atomic mass is 9.94. The Bertz CT molecular complexity index is 582. The molecule has 0 saturated carbocycles. The van der Waals surface area contributed by atoms with Crippen LogP contribution in [0.1, 0.15) is 38.3 Å². The maximum Gasteiger partial charge on any atom is 0.329 e. The number of benzene rings is 1. The maximum absolute atomic E-state index is 12.8. The van der Waals surface area contributed by atoms with E-state index in [1.165, 1.54) is 0 Å². The predicted molar refractivity (Wildman–Crippen MR) is 98.5 cm³/mol. The summed E-state index contributed by atoms with van der Waals surface area (Å²) >= 11 is 0. The molecular formula is C19H29NO3Si. The summed E-state index contributed by atoms with van der Waals surface area (Å²) < 4.78 is 5.47. The van der Waals surface area contributed by atoms with Crippen LogP contribution < -0.4 is 0 Å². The molecule has 1 aliphatic rings. The number of esters is 1. The second-order valence-electron chi connectivity index (χ2n) is 7.64. The van der Waals surface area contributed by atoms with E-state index >= 15 is 0 Å². The van der Waals surface area contributed by atoms with Crippen LogP contribution in [0.4, 0.5) is 0 Å². The highest BCUT2D eigenvalue weighted by Crippen LogP contribution is 2.45. The molecule has 1 aromatic carbocycles. The standard InChI is InChI=1S/C19H29NO3Si/c1-6-7-13-23-19(22)16-17(24(3,4)5)18(21)20(16)14(2)15-11-9-8-10-12-15/h8-12,14,16-17H,6-7,13H2,1-5H3/t14?,16-,17+/m1/s1. The SMILES string of the molecule is CCCCOC(=O)[C@H]1[C@H]([Si](C)(C)C)C(=O)N1C(C)c1ccccc1. The summed E-state index contributed by atoms with van der Waals surface area (Å²) in [4.78, 5) is 27.2. The van der Waals surface area contributed by atoms with Gasteiger partial charge in [0.25, 0.3) is 0 Å². The van der Waals surface area contributed by atoms with Crippen molar-refractivity contribution in [2.45, 2.75) is 64.0 Å². The maximum atomic E-state index is 12.8. The highest BCUT2D eigenvalue weighted by Gasteiger charge is 2.58. The number of β-lactam (4-membered cyclic amide) rings is 1. The number of hydrogen-bond acceptors (Lipinski definition) is 3. The fraction of sp³-hybridized carbons (Fsp3) is 0.579. The third kappa shape index (κ3) is 3.72. The van der Waals surface area contributed by atoms with Crippen molar-refractivity contribution in [1.82, 2.24) is 4.90 Å². The highest BCUT2D eigenvalue weighted by atomic mass is 28.3. The van der Waals surface area contributed by atoms with Crippen molar-refractivity contribution >= 4 is 20.0 Å². The molecule has 1 amide bonds. The Balaban J connectivity index is 2.22. The number of rotatable bonds is 7. The molecule has 4 nitrogen and oxygen atoms in total. The van der Waals surface area contributed by atoms with Crippen molar-refractivity contribution in [3.05, 3.63) is 35.9 Å². The molecule has 5 heteroatoms. The third-order valence-corrected chi connectivity index (χ3v) is 7.18. The van der Waals surface area contributed by atoms with Crippen LogP contribution in [-0.4, -0.2) is 37.5 Å². The Labute approximate surface area is 146 Å². The van der Waals surface area contributed by atoms with Gasteiger partial charge in [0.15, 0.2) is 0 Å². The Kier molecular flexibility index (Phi) is 5.86. The first-order chi connectivity index (χ1) is 11.3. The molecule has 0 bridgehead atoms. The summed E-state index contributed by atoms with van der Waals surface area (Å²) in [5.41, 5.74) is 0.865. The van der Waals surface area contributed by atoms with E-state index in [4.69, 9.17) is 4.74 Å². The Morgan fingerprint density at radius 2 is 1.88 bits per heavy atom. The van der Waals surface area contributed by atoms with Gasteiger partial charge in [-0.3, -0.25) is 4.79 Å². The van der Waals surface area contributed by atoms with Gasteiger partial charge in [-0.05, 0) is 18.9 Å². The zero-order valence-electron chi connectivity index (χ0n) is 15.4. The van der Waals surface area contributed by atoms with Gasteiger partial charge in [-0.1, -0.05) is 63.3 Å². The minimum absolute atomic E-state index is 0.1000. The normalized spacial score (nSPS) is 22.0.